The lowest BCUT2D eigenvalue weighted by atomic mass is 10.0. The van der Waals surface area contributed by atoms with Gasteiger partial charge in [-0.2, -0.15) is 0 Å². The zero-order valence-electron chi connectivity index (χ0n) is 11.8. The van der Waals surface area contributed by atoms with Crippen LogP contribution in [0.1, 0.15) is 24.8 Å². The van der Waals surface area contributed by atoms with Crippen molar-refractivity contribution in [2.24, 2.45) is 0 Å². The molecule has 3 nitrogen and oxygen atoms in total. The molecule has 0 amide bonds. The van der Waals surface area contributed by atoms with Crippen molar-refractivity contribution >= 4 is 26.4 Å². The molecule has 1 saturated heterocycles. The monoisotopic (exact) mass is 302 g/mol. The lowest BCUT2D eigenvalue weighted by Gasteiger charge is -2.21. The molecule has 21 heavy (non-hydrogen) atoms. The first-order valence-electron chi connectivity index (χ1n) is 7.28. The highest BCUT2D eigenvalue weighted by molar-refractivity contribution is 7.92. The summed E-state index contributed by atoms with van der Waals surface area (Å²) in [6.07, 6.45) is 2.19. The minimum absolute atomic E-state index is 0.154. The molecule has 1 atom stereocenters. The lowest BCUT2D eigenvalue weighted by molar-refractivity contribution is -0.118. The summed E-state index contributed by atoms with van der Waals surface area (Å²) in [5, 5.41) is 1.41. The largest absolute Gasteiger partial charge is 0.298 e. The van der Waals surface area contributed by atoms with Gasteiger partial charge in [0.25, 0.3) is 0 Å². The second kappa shape index (κ2) is 5.60. The highest BCUT2D eigenvalue weighted by Gasteiger charge is 2.34. The average Bonchev–Trinajstić information content (AvgIpc) is 2.46. The maximum absolute atomic E-state index is 12.3. The summed E-state index contributed by atoms with van der Waals surface area (Å²) in [6, 6.07) is 13.8. The molecule has 4 heteroatoms. The van der Waals surface area contributed by atoms with Gasteiger partial charge in [-0.3, -0.25) is 4.79 Å². The fraction of sp³-hybridized carbons (Fsp3) is 0.353. The predicted molar refractivity (Wildman–Crippen MR) is 84.1 cm³/mol. The van der Waals surface area contributed by atoms with E-state index in [1.165, 1.54) is 0 Å². The van der Waals surface area contributed by atoms with Crippen LogP contribution in [0.15, 0.2) is 42.5 Å². The molecule has 3 rings (SSSR count). The van der Waals surface area contributed by atoms with Crippen LogP contribution >= 0.6 is 0 Å². The molecule has 1 aliphatic rings. The Labute approximate surface area is 124 Å². The SMILES string of the molecule is O=C(Cc1ccc2ccccc2c1)C1CCCCS1(=O)=O. The van der Waals surface area contributed by atoms with E-state index < -0.39 is 15.1 Å². The molecule has 2 aromatic rings. The van der Waals surface area contributed by atoms with Crippen LogP contribution in [0, 0.1) is 0 Å². The van der Waals surface area contributed by atoms with E-state index in [4.69, 9.17) is 0 Å². The van der Waals surface area contributed by atoms with Gasteiger partial charge in [-0.1, -0.05) is 48.9 Å². The number of ketones is 1. The van der Waals surface area contributed by atoms with E-state index >= 15 is 0 Å². The summed E-state index contributed by atoms with van der Waals surface area (Å²) < 4.78 is 24.0. The number of sulfone groups is 1. The highest BCUT2D eigenvalue weighted by Crippen LogP contribution is 2.23. The van der Waals surface area contributed by atoms with Crippen LogP contribution in [0.25, 0.3) is 10.8 Å². The van der Waals surface area contributed by atoms with Crippen LogP contribution in [0.2, 0.25) is 0 Å². The molecule has 2 aromatic carbocycles. The molecular formula is C17H18O3S. The van der Waals surface area contributed by atoms with E-state index in [-0.39, 0.29) is 18.0 Å². The van der Waals surface area contributed by atoms with Crippen molar-refractivity contribution in [1.29, 1.82) is 0 Å². The van der Waals surface area contributed by atoms with Gasteiger partial charge in [0, 0.05) is 6.42 Å². The van der Waals surface area contributed by atoms with Gasteiger partial charge in [0.1, 0.15) is 5.25 Å². The van der Waals surface area contributed by atoms with Crippen molar-refractivity contribution in [3.05, 3.63) is 48.0 Å². The predicted octanol–water partition coefficient (Wildman–Crippen LogP) is 2.92. The summed E-state index contributed by atoms with van der Waals surface area (Å²) in [5.41, 5.74) is 0.888. The number of carbonyl (C=O) groups excluding carboxylic acids is 1. The zero-order chi connectivity index (χ0) is 14.9. The van der Waals surface area contributed by atoms with Gasteiger partial charge in [-0.05, 0) is 29.2 Å². The molecule has 0 spiro atoms. The number of rotatable bonds is 3. The average molecular weight is 302 g/mol. The van der Waals surface area contributed by atoms with Crippen LogP contribution in [0.4, 0.5) is 0 Å². The second-order valence-corrected chi connectivity index (χ2v) is 7.98. The van der Waals surface area contributed by atoms with Crippen LogP contribution < -0.4 is 0 Å². The standard InChI is InChI=1S/C17H18O3S/c18-16(17-7-3-4-10-21(17,19)20)12-13-8-9-14-5-1-2-6-15(14)11-13/h1-2,5-6,8-9,11,17H,3-4,7,10,12H2. The van der Waals surface area contributed by atoms with E-state index in [0.29, 0.717) is 12.8 Å². The third kappa shape index (κ3) is 3.00. The van der Waals surface area contributed by atoms with Crippen molar-refractivity contribution in [1.82, 2.24) is 0 Å². The molecule has 110 valence electrons. The Hall–Kier alpha value is -1.68. The van der Waals surface area contributed by atoms with E-state index in [1.807, 2.05) is 42.5 Å². The molecule has 0 aromatic heterocycles. The van der Waals surface area contributed by atoms with Gasteiger partial charge in [0.2, 0.25) is 0 Å². The number of hydrogen-bond acceptors (Lipinski definition) is 3. The first-order chi connectivity index (χ1) is 10.1. The van der Waals surface area contributed by atoms with Crippen LogP contribution in [0.5, 0.6) is 0 Å². The first kappa shape index (κ1) is 14.3. The number of fused-ring (bicyclic) bond motifs is 1. The second-order valence-electron chi connectivity index (χ2n) is 5.68. The van der Waals surface area contributed by atoms with Crippen molar-refractivity contribution in [3.63, 3.8) is 0 Å². The summed E-state index contributed by atoms with van der Waals surface area (Å²) in [6.45, 7) is 0. The number of carbonyl (C=O) groups is 1. The van der Waals surface area contributed by atoms with Crippen molar-refractivity contribution in [2.45, 2.75) is 30.9 Å². The zero-order valence-corrected chi connectivity index (χ0v) is 12.6. The van der Waals surface area contributed by atoms with Gasteiger partial charge < -0.3 is 0 Å². The molecule has 1 fully saturated rings. The van der Waals surface area contributed by atoms with Gasteiger partial charge in [0.15, 0.2) is 15.6 Å². The number of Topliss-reactive ketones (excluding diaryl/α,β-unsaturated/α-hetero) is 1. The molecular weight excluding hydrogens is 284 g/mol. The van der Waals surface area contributed by atoms with Crippen molar-refractivity contribution in [2.75, 3.05) is 5.75 Å². The molecule has 0 aliphatic carbocycles. The topological polar surface area (TPSA) is 51.2 Å². The van der Waals surface area contributed by atoms with E-state index in [2.05, 4.69) is 0 Å². The number of hydrogen-bond donors (Lipinski definition) is 0. The lowest BCUT2D eigenvalue weighted by Crippen LogP contribution is -2.36. The Bertz CT molecular complexity index is 777. The Morgan fingerprint density at radius 3 is 2.57 bits per heavy atom. The molecule has 1 heterocycles. The minimum atomic E-state index is -3.23. The molecule has 0 N–H and O–H groups in total. The van der Waals surface area contributed by atoms with Gasteiger partial charge in [-0.15, -0.1) is 0 Å². The Balaban J connectivity index is 1.82. The third-order valence-corrected chi connectivity index (χ3v) is 6.35. The summed E-state index contributed by atoms with van der Waals surface area (Å²) in [5.74, 6) is -0.00816. The Kier molecular flexibility index (Phi) is 3.81. The quantitative estimate of drug-likeness (QED) is 0.876. The highest BCUT2D eigenvalue weighted by atomic mass is 32.2. The maximum Gasteiger partial charge on any atom is 0.160 e. The van der Waals surface area contributed by atoms with Crippen molar-refractivity contribution in [3.8, 4) is 0 Å². The smallest absolute Gasteiger partial charge is 0.160 e. The van der Waals surface area contributed by atoms with Gasteiger partial charge >= 0.3 is 0 Å². The first-order valence-corrected chi connectivity index (χ1v) is 9.00. The van der Waals surface area contributed by atoms with Gasteiger partial charge in [0.05, 0.1) is 5.75 Å². The van der Waals surface area contributed by atoms with Crippen LogP contribution in [-0.2, 0) is 21.1 Å². The Morgan fingerprint density at radius 2 is 1.81 bits per heavy atom. The molecule has 1 unspecified atom stereocenters. The fourth-order valence-corrected chi connectivity index (χ4v) is 4.88. The summed E-state index contributed by atoms with van der Waals surface area (Å²) in [4.78, 5) is 12.3. The molecule has 0 radical (unpaired) electrons. The minimum Gasteiger partial charge on any atom is -0.298 e. The Morgan fingerprint density at radius 1 is 1.05 bits per heavy atom. The summed E-state index contributed by atoms with van der Waals surface area (Å²) in [7, 11) is -3.23. The third-order valence-electron chi connectivity index (χ3n) is 4.13. The van der Waals surface area contributed by atoms with E-state index in [1.54, 1.807) is 0 Å². The molecule has 0 saturated carbocycles. The molecule has 1 aliphatic heterocycles. The van der Waals surface area contributed by atoms with E-state index in [0.717, 1.165) is 22.8 Å². The van der Waals surface area contributed by atoms with Crippen LogP contribution in [-0.4, -0.2) is 25.2 Å². The maximum atomic E-state index is 12.3. The van der Waals surface area contributed by atoms with Gasteiger partial charge in [-0.25, -0.2) is 8.42 Å². The number of benzene rings is 2. The normalized spacial score (nSPS) is 21.2. The van der Waals surface area contributed by atoms with E-state index in [9.17, 15) is 13.2 Å². The van der Waals surface area contributed by atoms with Crippen molar-refractivity contribution < 1.29 is 13.2 Å². The van der Waals surface area contributed by atoms with Crippen LogP contribution in [0.3, 0.4) is 0 Å². The summed E-state index contributed by atoms with van der Waals surface area (Å²) >= 11 is 0. The fourth-order valence-electron chi connectivity index (χ4n) is 2.98. The molecule has 0 bridgehead atoms.